The summed E-state index contributed by atoms with van der Waals surface area (Å²) >= 11 is 12.5. The van der Waals surface area contributed by atoms with Crippen molar-refractivity contribution in [2.24, 2.45) is 11.8 Å². The molecule has 0 aliphatic rings. The molecule has 0 unspecified atom stereocenters. The molecular weight excluding hydrogens is 502 g/mol. The second-order valence-electron chi connectivity index (χ2n) is 9.96. The van der Waals surface area contributed by atoms with Gasteiger partial charge in [-0.1, -0.05) is 76.0 Å². The third-order valence-electron chi connectivity index (χ3n) is 6.00. The average molecular weight is 532 g/mol. The number of carboxylic acid groups (broad SMARTS) is 1. The first kappa shape index (κ1) is 29.0. The third-order valence-corrected chi connectivity index (χ3v) is 6.74. The smallest absolute Gasteiger partial charge is 0.392 e. The summed E-state index contributed by atoms with van der Waals surface area (Å²) in [5.41, 5.74) is 1.59. The first-order valence-corrected chi connectivity index (χ1v) is 11.9. The Bertz CT molecular complexity index is 1090. The molecule has 0 aliphatic carbocycles. The third kappa shape index (κ3) is 6.91. The Morgan fingerprint density at radius 3 is 2.06 bits per heavy atom. The maximum atomic E-state index is 13.8. The van der Waals surface area contributed by atoms with Crippen LogP contribution in [-0.2, 0) is 21.4 Å². The van der Waals surface area contributed by atoms with Crippen molar-refractivity contribution in [3.63, 3.8) is 0 Å². The van der Waals surface area contributed by atoms with Crippen LogP contribution in [0.2, 0.25) is 10.0 Å². The Morgan fingerprint density at radius 1 is 1.06 bits per heavy atom. The fourth-order valence-corrected chi connectivity index (χ4v) is 4.47. The van der Waals surface area contributed by atoms with Crippen LogP contribution in [0.15, 0.2) is 30.3 Å². The van der Waals surface area contributed by atoms with Crippen LogP contribution in [0.1, 0.15) is 62.8 Å². The number of aryl methyl sites for hydroxylation is 1. The Hall–Kier alpha value is -2.25. The molecule has 0 bridgehead atoms. The van der Waals surface area contributed by atoms with Crippen LogP contribution in [0.3, 0.4) is 0 Å². The van der Waals surface area contributed by atoms with Gasteiger partial charge in [0.15, 0.2) is 0 Å². The first-order chi connectivity index (χ1) is 15.9. The number of nitrogens with one attached hydrogen (secondary N) is 1. The molecule has 4 nitrogen and oxygen atoms in total. The molecule has 2 aromatic carbocycles. The van der Waals surface area contributed by atoms with Crippen molar-refractivity contribution in [2.45, 2.75) is 65.5 Å². The molecule has 0 heterocycles. The molecule has 0 aromatic heterocycles. The molecule has 9 heteroatoms. The molecule has 192 valence electrons. The highest BCUT2D eigenvalue weighted by Gasteiger charge is 2.45. The zero-order chi connectivity index (χ0) is 26.9. The van der Waals surface area contributed by atoms with E-state index in [1.54, 1.807) is 19.9 Å². The number of halogens is 5. The fraction of sp³-hybridized carbons (Fsp3) is 0.462. The van der Waals surface area contributed by atoms with Crippen molar-refractivity contribution in [2.75, 3.05) is 5.32 Å². The van der Waals surface area contributed by atoms with Gasteiger partial charge in [-0.3, -0.25) is 9.59 Å². The number of alkyl halides is 3. The highest BCUT2D eigenvalue weighted by atomic mass is 35.5. The minimum atomic E-state index is -4.63. The summed E-state index contributed by atoms with van der Waals surface area (Å²) in [6, 6.07) is 7.44. The van der Waals surface area contributed by atoms with Crippen LogP contribution in [-0.4, -0.2) is 23.2 Å². The minimum Gasteiger partial charge on any atom is -0.481 e. The topological polar surface area (TPSA) is 66.4 Å². The van der Waals surface area contributed by atoms with Gasteiger partial charge in [-0.05, 0) is 53.1 Å². The van der Waals surface area contributed by atoms with Gasteiger partial charge in [0, 0.05) is 5.02 Å². The standard InChI is InChI=1S/C26H30Cl2F3NO3/c1-13-11-17(12-14(2)24(34)35)20(25(4,5)6)22(21(13)28)32-23(33)19(15(3)26(29,30)31)16-7-9-18(27)10-8-16/h7-11,14-15,19H,12H2,1-6H3,(H,32,33)(H,34,35)/t14-,15-,19+/m1/s1. The molecule has 0 spiro atoms. The second-order valence-corrected chi connectivity index (χ2v) is 10.8. The van der Waals surface area contributed by atoms with Crippen molar-refractivity contribution in [1.82, 2.24) is 0 Å². The first-order valence-electron chi connectivity index (χ1n) is 11.1. The van der Waals surface area contributed by atoms with Crippen molar-refractivity contribution in [3.8, 4) is 0 Å². The quantitative estimate of drug-likeness (QED) is 0.383. The van der Waals surface area contributed by atoms with E-state index in [9.17, 15) is 27.9 Å². The van der Waals surface area contributed by atoms with Gasteiger partial charge >= 0.3 is 12.1 Å². The van der Waals surface area contributed by atoms with Gasteiger partial charge in [-0.2, -0.15) is 13.2 Å². The number of rotatable bonds is 7. The molecule has 0 saturated heterocycles. The fourth-order valence-electron chi connectivity index (χ4n) is 4.14. The number of amides is 1. The van der Waals surface area contributed by atoms with Crippen molar-refractivity contribution >= 4 is 40.8 Å². The van der Waals surface area contributed by atoms with Crippen LogP contribution in [0.5, 0.6) is 0 Å². The van der Waals surface area contributed by atoms with E-state index in [1.807, 2.05) is 20.8 Å². The number of carboxylic acids is 1. The second kappa shape index (κ2) is 10.8. The molecule has 3 atom stereocenters. The molecule has 2 aromatic rings. The number of carbonyl (C=O) groups is 2. The van der Waals surface area contributed by atoms with Gasteiger partial charge in [0.1, 0.15) is 0 Å². The van der Waals surface area contributed by atoms with Gasteiger partial charge < -0.3 is 10.4 Å². The summed E-state index contributed by atoms with van der Waals surface area (Å²) in [4.78, 5) is 25.0. The zero-order valence-corrected chi connectivity index (χ0v) is 22.0. The molecule has 0 radical (unpaired) electrons. The maximum absolute atomic E-state index is 13.8. The van der Waals surface area contributed by atoms with Gasteiger partial charge in [-0.25, -0.2) is 0 Å². The van der Waals surface area contributed by atoms with Gasteiger partial charge in [0.05, 0.1) is 28.5 Å². The van der Waals surface area contributed by atoms with Gasteiger partial charge in [0.2, 0.25) is 5.91 Å². The predicted octanol–water partition coefficient (Wildman–Crippen LogP) is 7.78. The lowest BCUT2D eigenvalue weighted by Crippen LogP contribution is -2.35. The largest absolute Gasteiger partial charge is 0.481 e. The lowest BCUT2D eigenvalue weighted by atomic mass is 9.79. The molecule has 2 N–H and O–H groups in total. The summed E-state index contributed by atoms with van der Waals surface area (Å²) in [5.74, 6) is -6.11. The summed E-state index contributed by atoms with van der Waals surface area (Å²) in [7, 11) is 0. The molecule has 1 amide bonds. The average Bonchev–Trinajstić information content (AvgIpc) is 2.71. The number of anilines is 1. The van der Waals surface area contributed by atoms with E-state index in [1.165, 1.54) is 24.3 Å². The minimum absolute atomic E-state index is 0.164. The van der Waals surface area contributed by atoms with E-state index >= 15 is 0 Å². The van der Waals surface area contributed by atoms with Crippen LogP contribution in [0.4, 0.5) is 18.9 Å². The summed E-state index contributed by atoms with van der Waals surface area (Å²) in [6.07, 6.45) is -4.46. The number of hydrogen-bond donors (Lipinski definition) is 2. The number of benzene rings is 2. The van der Waals surface area contributed by atoms with Gasteiger partial charge in [-0.15, -0.1) is 0 Å². The number of hydrogen-bond acceptors (Lipinski definition) is 2. The van der Waals surface area contributed by atoms with E-state index in [4.69, 9.17) is 23.2 Å². The molecule has 2 rings (SSSR count). The summed E-state index contributed by atoms with van der Waals surface area (Å²) in [6.45, 7) is 9.84. The monoisotopic (exact) mass is 531 g/mol. The lowest BCUT2D eigenvalue weighted by molar-refractivity contribution is -0.178. The van der Waals surface area contributed by atoms with Crippen LogP contribution < -0.4 is 5.32 Å². The van der Waals surface area contributed by atoms with Gasteiger partial charge in [0.25, 0.3) is 0 Å². The maximum Gasteiger partial charge on any atom is 0.392 e. The van der Waals surface area contributed by atoms with Crippen molar-refractivity contribution < 1.29 is 27.9 Å². The number of aliphatic carboxylic acids is 1. The Balaban J connectivity index is 2.67. The van der Waals surface area contributed by atoms with E-state index in [0.29, 0.717) is 21.7 Å². The van der Waals surface area contributed by atoms with E-state index in [-0.39, 0.29) is 22.7 Å². The van der Waals surface area contributed by atoms with Crippen molar-refractivity contribution in [1.29, 1.82) is 0 Å². The molecule has 0 saturated carbocycles. The molecular formula is C26H30Cl2F3NO3. The Labute approximate surface area is 213 Å². The van der Waals surface area contributed by atoms with Crippen LogP contribution in [0, 0.1) is 18.8 Å². The predicted molar refractivity (Wildman–Crippen MR) is 133 cm³/mol. The Morgan fingerprint density at radius 2 is 1.60 bits per heavy atom. The molecule has 35 heavy (non-hydrogen) atoms. The van der Waals surface area contributed by atoms with Crippen LogP contribution >= 0.6 is 23.2 Å². The van der Waals surface area contributed by atoms with Crippen molar-refractivity contribution in [3.05, 3.63) is 62.6 Å². The lowest BCUT2D eigenvalue weighted by Gasteiger charge is -2.31. The zero-order valence-electron chi connectivity index (χ0n) is 20.5. The highest BCUT2D eigenvalue weighted by Crippen LogP contribution is 2.43. The summed E-state index contributed by atoms with van der Waals surface area (Å²) in [5, 5.41) is 12.6. The van der Waals surface area contributed by atoms with E-state index < -0.39 is 41.2 Å². The molecule has 0 fully saturated rings. The van der Waals surface area contributed by atoms with E-state index in [2.05, 4.69) is 5.32 Å². The van der Waals surface area contributed by atoms with Crippen LogP contribution in [0.25, 0.3) is 0 Å². The Kier molecular flexibility index (Phi) is 8.93. The normalized spacial score (nSPS) is 14.8. The van der Waals surface area contributed by atoms with E-state index in [0.717, 1.165) is 6.92 Å². The highest BCUT2D eigenvalue weighted by molar-refractivity contribution is 6.35. The number of carbonyl (C=O) groups excluding carboxylic acids is 1. The molecule has 0 aliphatic heterocycles. The summed E-state index contributed by atoms with van der Waals surface area (Å²) < 4.78 is 41.3. The SMILES string of the molecule is Cc1cc(C[C@@H](C)C(=O)O)c(C(C)(C)C)c(NC(=O)[C@H](c2ccc(Cl)cc2)[C@@H](C)C(F)(F)F)c1Cl.